The van der Waals surface area contributed by atoms with Crippen molar-refractivity contribution in [3.8, 4) is 11.3 Å². The van der Waals surface area contributed by atoms with Gasteiger partial charge in [-0.05, 0) is 71.4 Å². The van der Waals surface area contributed by atoms with Crippen LogP contribution in [0.4, 0.5) is 4.79 Å². The maximum absolute atomic E-state index is 12.7. The van der Waals surface area contributed by atoms with Crippen molar-refractivity contribution in [3.63, 3.8) is 0 Å². The zero-order chi connectivity index (χ0) is 21.8. The number of nitrogens with two attached hydrogens (primary N) is 1. The van der Waals surface area contributed by atoms with Gasteiger partial charge in [0, 0.05) is 36.0 Å². The molecule has 0 bridgehead atoms. The number of rotatable bonds is 5. The van der Waals surface area contributed by atoms with E-state index in [4.69, 9.17) is 20.6 Å². The van der Waals surface area contributed by atoms with Gasteiger partial charge in [0.15, 0.2) is 0 Å². The summed E-state index contributed by atoms with van der Waals surface area (Å²) in [7, 11) is 0. The number of likely N-dealkylation sites (tertiary alicyclic amines) is 1. The van der Waals surface area contributed by atoms with Gasteiger partial charge in [-0.2, -0.15) is 5.10 Å². The fraction of sp³-hybridized carbons (Fsp3) is 0.625. The normalized spacial score (nSPS) is 25.7. The topological polar surface area (TPSA) is 86.3 Å². The van der Waals surface area contributed by atoms with Gasteiger partial charge in [-0.25, -0.2) is 4.79 Å². The predicted molar refractivity (Wildman–Crippen MR) is 119 cm³/mol. The van der Waals surface area contributed by atoms with Gasteiger partial charge in [0.05, 0.1) is 23.5 Å². The number of ether oxygens (including phenoxy) is 1. The van der Waals surface area contributed by atoms with E-state index in [1.54, 1.807) is 0 Å². The van der Waals surface area contributed by atoms with Crippen LogP contribution in [0.1, 0.15) is 82.1 Å². The van der Waals surface area contributed by atoms with Crippen LogP contribution in [0.3, 0.4) is 0 Å². The summed E-state index contributed by atoms with van der Waals surface area (Å²) < 4.78 is 7.78. The second-order valence-electron chi connectivity index (χ2n) is 10.3. The van der Waals surface area contributed by atoms with Crippen LogP contribution in [0, 0.1) is 5.92 Å². The number of nitrogens with zero attached hydrogens (tertiary/aromatic N) is 4. The number of carbonyl (C=O) groups is 1. The van der Waals surface area contributed by atoms with Crippen molar-refractivity contribution >= 4 is 6.09 Å². The lowest BCUT2D eigenvalue weighted by Gasteiger charge is -2.42. The molecule has 2 aromatic heterocycles. The molecule has 2 saturated carbocycles. The minimum absolute atomic E-state index is 0.000670. The van der Waals surface area contributed by atoms with E-state index in [1.807, 2.05) is 37.9 Å². The van der Waals surface area contributed by atoms with E-state index < -0.39 is 5.60 Å². The third kappa shape index (κ3) is 3.95. The van der Waals surface area contributed by atoms with Crippen LogP contribution in [-0.4, -0.2) is 44.4 Å². The average Bonchev–Trinajstić information content (AvgIpc) is 3.39. The van der Waals surface area contributed by atoms with Crippen LogP contribution in [0.15, 0.2) is 24.5 Å². The quantitative estimate of drug-likeness (QED) is 0.770. The fourth-order valence-corrected chi connectivity index (χ4v) is 4.70. The van der Waals surface area contributed by atoms with Gasteiger partial charge < -0.3 is 15.4 Å². The molecule has 7 heteroatoms. The Morgan fingerprint density at radius 2 is 2.03 bits per heavy atom. The summed E-state index contributed by atoms with van der Waals surface area (Å²) in [6.45, 7) is 7.18. The molecule has 166 valence electrons. The van der Waals surface area contributed by atoms with E-state index >= 15 is 0 Å². The highest BCUT2D eigenvalue weighted by Gasteiger charge is 2.40. The standard InChI is InChI=1S/C24H33N5O2/c1-24(2,3)31-23(30)28-10-8-20(28)18-5-4-9-26-22(18)19-14-29(17-11-15(12-17)13-25)27-21(19)16-6-7-16/h4-5,9,14-17,20H,6-8,10-13,25H2,1-3H3. The van der Waals surface area contributed by atoms with E-state index in [-0.39, 0.29) is 12.1 Å². The summed E-state index contributed by atoms with van der Waals surface area (Å²) in [6, 6.07) is 4.50. The first-order valence-electron chi connectivity index (χ1n) is 11.6. The lowest BCUT2D eigenvalue weighted by Crippen LogP contribution is -2.47. The molecule has 5 rings (SSSR count). The fourth-order valence-electron chi connectivity index (χ4n) is 4.70. The molecule has 2 aliphatic carbocycles. The molecule has 1 aliphatic heterocycles. The zero-order valence-electron chi connectivity index (χ0n) is 18.8. The third-order valence-corrected chi connectivity index (χ3v) is 6.74. The summed E-state index contributed by atoms with van der Waals surface area (Å²) in [4.78, 5) is 19.3. The molecule has 0 spiro atoms. The Hall–Kier alpha value is -2.41. The number of amides is 1. The van der Waals surface area contributed by atoms with Crippen LogP contribution < -0.4 is 5.73 Å². The van der Waals surface area contributed by atoms with E-state index in [9.17, 15) is 4.79 Å². The molecule has 1 atom stereocenters. The number of carbonyl (C=O) groups excluding carboxylic acids is 1. The number of aromatic nitrogens is 3. The van der Waals surface area contributed by atoms with Crippen LogP contribution in [0.25, 0.3) is 11.3 Å². The van der Waals surface area contributed by atoms with Crippen molar-refractivity contribution in [3.05, 3.63) is 35.8 Å². The minimum Gasteiger partial charge on any atom is -0.444 e. The molecule has 1 saturated heterocycles. The monoisotopic (exact) mass is 423 g/mol. The summed E-state index contributed by atoms with van der Waals surface area (Å²) in [6.07, 6.45) is 9.29. The lowest BCUT2D eigenvalue weighted by atomic mass is 9.80. The van der Waals surface area contributed by atoms with Crippen molar-refractivity contribution in [1.82, 2.24) is 19.7 Å². The van der Waals surface area contributed by atoms with E-state index in [0.717, 1.165) is 42.6 Å². The largest absolute Gasteiger partial charge is 0.444 e. The SMILES string of the molecule is CC(C)(C)OC(=O)N1CCC1c1cccnc1-c1cn(C2CC(CN)C2)nc1C1CC1. The Balaban J connectivity index is 1.45. The van der Waals surface area contributed by atoms with Gasteiger partial charge in [0.25, 0.3) is 0 Å². The number of hydrogen-bond acceptors (Lipinski definition) is 5. The summed E-state index contributed by atoms with van der Waals surface area (Å²) in [5, 5.41) is 5.02. The van der Waals surface area contributed by atoms with Gasteiger partial charge in [-0.1, -0.05) is 6.07 Å². The molecule has 2 aromatic rings. The van der Waals surface area contributed by atoms with Gasteiger partial charge in [-0.3, -0.25) is 9.67 Å². The molecule has 3 aliphatic rings. The minimum atomic E-state index is -0.501. The van der Waals surface area contributed by atoms with Crippen molar-refractivity contribution in [2.24, 2.45) is 11.7 Å². The Morgan fingerprint density at radius 3 is 2.65 bits per heavy atom. The average molecular weight is 424 g/mol. The highest BCUT2D eigenvalue weighted by atomic mass is 16.6. The molecule has 31 heavy (non-hydrogen) atoms. The molecule has 2 N–H and O–H groups in total. The first-order valence-corrected chi connectivity index (χ1v) is 11.6. The maximum Gasteiger partial charge on any atom is 0.410 e. The number of pyridine rings is 1. The van der Waals surface area contributed by atoms with Gasteiger partial charge in [0.2, 0.25) is 0 Å². The Labute approximate surface area is 184 Å². The van der Waals surface area contributed by atoms with Gasteiger partial charge in [0.1, 0.15) is 5.60 Å². The Bertz CT molecular complexity index is 969. The second-order valence-corrected chi connectivity index (χ2v) is 10.3. The summed E-state index contributed by atoms with van der Waals surface area (Å²) >= 11 is 0. The Morgan fingerprint density at radius 1 is 1.26 bits per heavy atom. The lowest BCUT2D eigenvalue weighted by molar-refractivity contribution is -0.00568. The summed E-state index contributed by atoms with van der Waals surface area (Å²) in [5.41, 5.74) is 9.68. The maximum atomic E-state index is 12.7. The molecule has 3 fully saturated rings. The van der Waals surface area contributed by atoms with E-state index in [2.05, 4.69) is 16.9 Å². The van der Waals surface area contributed by atoms with Crippen molar-refractivity contribution in [2.45, 2.75) is 76.5 Å². The molecule has 0 aromatic carbocycles. The zero-order valence-corrected chi connectivity index (χ0v) is 18.8. The van der Waals surface area contributed by atoms with Crippen molar-refractivity contribution < 1.29 is 9.53 Å². The predicted octanol–water partition coefficient (Wildman–Crippen LogP) is 4.41. The highest BCUT2D eigenvalue weighted by Crippen LogP contribution is 2.47. The van der Waals surface area contributed by atoms with Crippen LogP contribution in [0.2, 0.25) is 0 Å². The Kier molecular flexibility index (Phi) is 5.04. The first-order chi connectivity index (χ1) is 14.8. The molecule has 1 unspecified atom stereocenters. The summed E-state index contributed by atoms with van der Waals surface area (Å²) in [5.74, 6) is 1.14. The molecular weight excluding hydrogens is 390 g/mol. The van der Waals surface area contributed by atoms with E-state index in [0.29, 0.717) is 24.4 Å². The molecular formula is C24H33N5O2. The highest BCUT2D eigenvalue weighted by molar-refractivity contribution is 5.72. The molecule has 1 amide bonds. The van der Waals surface area contributed by atoms with Gasteiger partial charge in [-0.15, -0.1) is 0 Å². The molecule has 7 nitrogen and oxygen atoms in total. The van der Waals surface area contributed by atoms with Crippen molar-refractivity contribution in [1.29, 1.82) is 0 Å². The van der Waals surface area contributed by atoms with Crippen LogP contribution in [0.5, 0.6) is 0 Å². The van der Waals surface area contributed by atoms with Crippen LogP contribution in [-0.2, 0) is 4.74 Å². The van der Waals surface area contributed by atoms with E-state index in [1.165, 1.54) is 18.5 Å². The van der Waals surface area contributed by atoms with Gasteiger partial charge >= 0.3 is 6.09 Å². The molecule has 0 radical (unpaired) electrons. The van der Waals surface area contributed by atoms with Crippen LogP contribution >= 0.6 is 0 Å². The first kappa shape index (κ1) is 20.5. The molecule has 3 heterocycles. The second kappa shape index (κ2) is 7.62. The van der Waals surface area contributed by atoms with Crippen molar-refractivity contribution in [2.75, 3.05) is 13.1 Å². The smallest absolute Gasteiger partial charge is 0.410 e. The third-order valence-electron chi connectivity index (χ3n) is 6.74. The number of hydrogen-bond donors (Lipinski definition) is 1.